The Morgan fingerprint density at radius 1 is 1.14 bits per heavy atom. The molecule has 2 aromatic carbocycles. The zero-order valence-electron chi connectivity index (χ0n) is 14.8. The van der Waals surface area contributed by atoms with E-state index in [1.54, 1.807) is 37.3 Å². The number of amides is 2. The second-order valence-corrected chi connectivity index (χ2v) is 7.64. The molecule has 1 aliphatic heterocycles. The Morgan fingerprint density at radius 2 is 1.82 bits per heavy atom. The molecule has 0 saturated heterocycles. The van der Waals surface area contributed by atoms with Gasteiger partial charge in [-0.1, -0.05) is 22.9 Å². The Balaban J connectivity index is 1.43. The first-order valence-electron chi connectivity index (χ1n) is 8.57. The van der Waals surface area contributed by atoms with Crippen molar-refractivity contribution < 1.29 is 19.1 Å². The van der Waals surface area contributed by atoms with E-state index in [0.29, 0.717) is 45.9 Å². The average Bonchev–Trinajstić information content (AvgIpc) is 3.07. The van der Waals surface area contributed by atoms with Gasteiger partial charge in [-0.15, -0.1) is 0 Å². The SMILES string of the molecule is CC(NC(=O)c1ccc(Cl)cc1)C(=O)Nc1nc2cc3c(cc2s1)OCCO3. The van der Waals surface area contributed by atoms with Crippen LogP contribution in [0.1, 0.15) is 17.3 Å². The second kappa shape index (κ2) is 7.65. The lowest BCUT2D eigenvalue weighted by Crippen LogP contribution is -2.41. The molecule has 28 heavy (non-hydrogen) atoms. The minimum Gasteiger partial charge on any atom is -0.486 e. The molecule has 1 aliphatic rings. The van der Waals surface area contributed by atoms with Gasteiger partial charge >= 0.3 is 0 Å². The first-order valence-corrected chi connectivity index (χ1v) is 9.76. The fraction of sp³-hybridized carbons (Fsp3) is 0.211. The maximum atomic E-state index is 12.4. The number of ether oxygens (including phenoxy) is 2. The van der Waals surface area contributed by atoms with E-state index in [-0.39, 0.29) is 11.8 Å². The van der Waals surface area contributed by atoms with Crippen molar-refractivity contribution in [2.75, 3.05) is 18.5 Å². The van der Waals surface area contributed by atoms with Crippen molar-refractivity contribution in [2.45, 2.75) is 13.0 Å². The summed E-state index contributed by atoms with van der Waals surface area (Å²) in [5, 5.41) is 6.37. The molecule has 0 spiro atoms. The van der Waals surface area contributed by atoms with Gasteiger partial charge in [-0.2, -0.15) is 0 Å². The van der Waals surface area contributed by atoms with Crippen LogP contribution in [0.3, 0.4) is 0 Å². The van der Waals surface area contributed by atoms with Gasteiger partial charge in [-0.05, 0) is 31.2 Å². The van der Waals surface area contributed by atoms with Gasteiger partial charge in [0.2, 0.25) is 5.91 Å². The lowest BCUT2D eigenvalue weighted by Gasteiger charge is -2.17. The van der Waals surface area contributed by atoms with Crippen molar-refractivity contribution in [2.24, 2.45) is 0 Å². The molecular weight excluding hydrogens is 402 g/mol. The van der Waals surface area contributed by atoms with Crippen LogP contribution < -0.4 is 20.1 Å². The summed E-state index contributed by atoms with van der Waals surface area (Å²) in [5.74, 6) is 0.596. The fourth-order valence-corrected chi connectivity index (χ4v) is 3.68. The van der Waals surface area contributed by atoms with Gasteiger partial charge in [0, 0.05) is 22.7 Å². The van der Waals surface area contributed by atoms with Gasteiger partial charge in [0.1, 0.15) is 19.3 Å². The molecule has 7 nitrogen and oxygen atoms in total. The molecular formula is C19H16ClN3O4S. The summed E-state index contributed by atoms with van der Waals surface area (Å²) in [7, 11) is 0. The molecule has 1 atom stereocenters. The van der Waals surface area contributed by atoms with E-state index in [0.717, 1.165) is 4.70 Å². The van der Waals surface area contributed by atoms with E-state index >= 15 is 0 Å². The highest BCUT2D eigenvalue weighted by Gasteiger charge is 2.20. The van der Waals surface area contributed by atoms with Crippen LogP contribution in [0.4, 0.5) is 5.13 Å². The van der Waals surface area contributed by atoms with Crippen molar-refractivity contribution in [1.82, 2.24) is 10.3 Å². The summed E-state index contributed by atoms with van der Waals surface area (Å²) in [6.45, 7) is 2.61. The Bertz CT molecular complexity index is 1010. The maximum Gasteiger partial charge on any atom is 0.251 e. The normalized spacial score (nSPS) is 13.8. The molecule has 1 aromatic heterocycles. The zero-order valence-corrected chi connectivity index (χ0v) is 16.4. The van der Waals surface area contributed by atoms with E-state index in [1.165, 1.54) is 11.3 Å². The summed E-state index contributed by atoms with van der Waals surface area (Å²) in [6, 6.07) is 9.34. The van der Waals surface area contributed by atoms with Crippen LogP contribution in [0, 0.1) is 0 Å². The third kappa shape index (κ3) is 3.88. The number of hydrogen-bond acceptors (Lipinski definition) is 6. The van der Waals surface area contributed by atoms with Gasteiger partial charge in [0.15, 0.2) is 16.6 Å². The molecule has 0 radical (unpaired) electrons. The van der Waals surface area contributed by atoms with Crippen LogP contribution in [0.2, 0.25) is 5.02 Å². The van der Waals surface area contributed by atoms with Gasteiger partial charge in [0.05, 0.1) is 10.2 Å². The second-order valence-electron chi connectivity index (χ2n) is 6.17. The summed E-state index contributed by atoms with van der Waals surface area (Å²) in [5.41, 5.74) is 1.14. The monoisotopic (exact) mass is 417 g/mol. The van der Waals surface area contributed by atoms with Gasteiger partial charge < -0.3 is 20.1 Å². The number of nitrogens with one attached hydrogen (secondary N) is 2. The summed E-state index contributed by atoms with van der Waals surface area (Å²) in [6.07, 6.45) is 0. The number of aromatic nitrogens is 1. The van der Waals surface area contributed by atoms with Crippen LogP contribution in [-0.2, 0) is 4.79 Å². The first-order chi connectivity index (χ1) is 13.5. The highest BCUT2D eigenvalue weighted by atomic mass is 35.5. The molecule has 144 valence electrons. The summed E-state index contributed by atoms with van der Waals surface area (Å²) >= 11 is 7.15. The fourth-order valence-electron chi connectivity index (χ4n) is 2.68. The molecule has 0 saturated carbocycles. The third-order valence-electron chi connectivity index (χ3n) is 4.13. The number of carbonyl (C=O) groups excluding carboxylic acids is 2. The summed E-state index contributed by atoms with van der Waals surface area (Å²) in [4.78, 5) is 29.1. The van der Waals surface area contributed by atoms with E-state index in [1.807, 2.05) is 6.07 Å². The first kappa shape index (κ1) is 18.5. The third-order valence-corrected chi connectivity index (χ3v) is 5.32. The van der Waals surface area contributed by atoms with E-state index < -0.39 is 6.04 Å². The predicted octanol–water partition coefficient (Wildman–Crippen LogP) is 3.48. The largest absolute Gasteiger partial charge is 0.486 e. The van der Waals surface area contributed by atoms with Crippen molar-refractivity contribution in [3.05, 3.63) is 47.0 Å². The van der Waals surface area contributed by atoms with Gasteiger partial charge in [-0.3, -0.25) is 9.59 Å². The zero-order chi connectivity index (χ0) is 19.7. The molecule has 3 aromatic rings. The predicted molar refractivity (Wildman–Crippen MR) is 108 cm³/mol. The number of nitrogens with zero attached hydrogens (tertiary/aromatic N) is 1. The number of fused-ring (bicyclic) bond motifs is 2. The Morgan fingerprint density at radius 3 is 2.54 bits per heavy atom. The van der Waals surface area contributed by atoms with Gasteiger partial charge in [0.25, 0.3) is 5.91 Å². The number of halogens is 1. The summed E-state index contributed by atoms with van der Waals surface area (Å²) < 4.78 is 12.0. The maximum absolute atomic E-state index is 12.4. The van der Waals surface area contributed by atoms with Crippen molar-refractivity contribution in [3.63, 3.8) is 0 Å². The number of benzene rings is 2. The molecule has 4 rings (SSSR count). The number of carbonyl (C=O) groups is 2. The molecule has 0 fully saturated rings. The highest BCUT2D eigenvalue weighted by Crippen LogP contribution is 2.37. The smallest absolute Gasteiger partial charge is 0.251 e. The van der Waals surface area contributed by atoms with Crippen LogP contribution in [0.5, 0.6) is 11.5 Å². The minimum absolute atomic E-state index is 0.356. The van der Waals surface area contributed by atoms with Crippen LogP contribution in [0.25, 0.3) is 10.2 Å². The van der Waals surface area contributed by atoms with Crippen molar-refractivity contribution in [3.8, 4) is 11.5 Å². The standard InChI is InChI=1S/C19H16ClN3O4S/c1-10(21-18(25)11-2-4-12(20)5-3-11)17(24)23-19-22-13-8-14-15(9-16(13)28-19)27-7-6-26-14/h2-5,8-10H,6-7H2,1H3,(H,21,25)(H,22,23,24). The molecule has 2 N–H and O–H groups in total. The number of hydrogen-bond donors (Lipinski definition) is 2. The van der Waals surface area contributed by atoms with Crippen LogP contribution >= 0.6 is 22.9 Å². The lowest BCUT2D eigenvalue weighted by atomic mass is 10.2. The minimum atomic E-state index is -0.741. The number of rotatable bonds is 4. The van der Waals surface area contributed by atoms with Crippen molar-refractivity contribution in [1.29, 1.82) is 0 Å². The Hall–Kier alpha value is -2.84. The quantitative estimate of drug-likeness (QED) is 0.678. The molecule has 9 heteroatoms. The number of anilines is 1. The number of thiazole rings is 1. The molecule has 1 unspecified atom stereocenters. The molecule has 0 bridgehead atoms. The van der Waals surface area contributed by atoms with E-state index in [4.69, 9.17) is 21.1 Å². The van der Waals surface area contributed by atoms with Crippen molar-refractivity contribution >= 4 is 50.1 Å². The lowest BCUT2D eigenvalue weighted by molar-refractivity contribution is -0.117. The molecule has 2 amide bonds. The Labute approximate surface area is 169 Å². The van der Waals surface area contributed by atoms with Gasteiger partial charge in [-0.25, -0.2) is 4.98 Å². The van der Waals surface area contributed by atoms with E-state index in [9.17, 15) is 9.59 Å². The molecule has 2 heterocycles. The van der Waals surface area contributed by atoms with E-state index in [2.05, 4.69) is 15.6 Å². The average molecular weight is 418 g/mol. The topological polar surface area (TPSA) is 89.6 Å². The Kier molecular flexibility index (Phi) is 5.06. The van der Waals surface area contributed by atoms with Crippen LogP contribution in [0.15, 0.2) is 36.4 Å². The molecule has 0 aliphatic carbocycles. The van der Waals surface area contributed by atoms with Crippen LogP contribution in [-0.4, -0.2) is 36.1 Å². The highest BCUT2D eigenvalue weighted by molar-refractivity contribution is 7.22.